The van der Waals surface area contributed by atoms with Crippen molar-refractivity contribution in [2.75, 3.05) is 44.3 Å². The summed E-state index contributed by atoms with van der Waals surface area (Å²) in [7, 11) is 2.22. The van der Waals surface area contributed by atoms with Crippen LogP contribution in [0, 0.1) is 0 Å². The third-order valence-electron chi connectivity index (χ3n) is 3.57. The molecule has 1 aromatic rings. The fourth-order valence-electron chi connectivity index (χ4n) is 2.54. The summed E-state index contributed by atoms with van der Waals surface area (Å²) < 4.78 is 0. The Balaban J connectivity index is 1.87. The third-order valence-corrected chi connectivity index (χ3v) is 4.65. The fraction of sp³-hybridized carbons (Fsp3) is 0.538. The lowest BCUT2D eigenvalue weighted by atomic mass is 10.0. The minimum absolute atomic E-state index is 0.516. The second kappa shape index (κ2) is 4.88. The third kappa shape index (κ3) is 2.30. The molecule has 1 aromatic carbocycles. The van der Waals surface area contributed by atoms with Crippen molar-refractivity contribution in [3.8, 4) is 0 Å². The quantitative estimate of drug-likeness (QED) is 0.793. The molecule has 1 unspecified atom stereocenters. The largest absolute Gasteiger partial charge is 0.383 e. The maximum Gasteiger partial charge on any atom is 0.0482 e. The molecule has 2 aliphatic rings. The minimum Gasteiger partial charge on any atom is -0.383 e. The zero-order valence-electron chi connectivity index (χ0n) is 10.2. The van der Waals surface area contributed by atoms with Gasteiger partial charge < -0.3 is 10.6 Å². The summed E-state index contributed by atoms with van der Waals surface area (Å²) in [5, 5.41) is 6.97. The number of benzene rings is 1. The Bertz CT molecular complexity index is 408. The monoisotopic (exact) mass is 249 g/mol. The summed E-state index contributed by atoms with van der Waals surface area (Å²) in [6, 6.07) is 7.40. The number of nitrogens with one attached hydrogen (secondary N) is 2. The Hall–Kier alpha value is -0.710. The van der Waals surface area contributed by atoms with E-state index in [1.807, 2.05) is 11.8 Å². The first kappa shape index (κ1) is 11.4. The highest BCUT2D eigenvalue weighted by atomic mass is 32.2. The van der Waals surface area contributed by atoms with Crippen LogP contribution in [0.1, 0.15) is 11.6 Å². The first-order valence-corrected chi connectivity index (χ1v) is 7.25. The van der Waals surface area contributed by atoms with Gasteiger partial charge in [0.05, 0.1) is 0 Å². The van der Waals surface area contributed by atoms with Crippen LogP contribution in [0.3, 0.4) is 0 Å². The van der Waals surface area contributed by atoms with Gasteiger partial charge in [0.1, 0.15) is 0 Å². The predicted octanol–water partition coefficient (Wildman–Crippen LogP) is 1.78. The van der Waals surface area contributed by atoms with E-state index < -0.39 is 0 Å². The maximum atomic E-state index is 3.50. The number of hydrogen-bond donors (Lipinski definition) is 2. The van der Waals surface area contributed by atoms with E-state index in [1.54, 1.807) is 0 Å². The molecule has 4 heteroatoms. The normalized spacial score (nSPS) is 25.1. The lowest BCUT2D eigenvalue weighted by molar-refractivity contribution is 0.202. The molecule has 92 valence electrons. The van der Waals surface area contributed by atoms with Gasteiger partial charge in [-0.25, -0.2) is 0 Å². The van der Waals surface area contributed by atoms with Gasteiger partial charge in [0, 0.05) is 48.6 Å². The highest BCUT2D eigenvalue weighted by Crippen LogP contribution is 2.34. The molecule has 17 heavy (non-hydrogen) atoms. The second-order valence-electron chi connectivity index (χ2n) is 4.73. The topological polar surface area (TPSA) is 27.3 Å². The van der Waals surface area contributed by atoms with Gasteiger partial charge in [0.15, 0.2) is 0 Å². The zero-order valence-corrected chi connectivity index (χ0v) is 11.0. The van der Waals surface area contributed by atoms with Crippen molar-refractivity contribution < 1.29 is 0 Å². The molecule has 1 fully saturated rings. The number of fused-ring (bicyclic) bond motifs is 1. The van der Waals surface area contributed by atoms with Crippen LogP contribution in [0.4, 0.5) is 5.69 Å². The summed E-state index contributed by atoms with van der Waals surface area (Å²) in [6.45, 7) is 4.37. The number of hydrogen-bond acceptors (Lipinski definition) is 4. The highest BCUT2D eigenvalue weighted by Gasteiger charge is 2.21. The van der Waals surface area contributed by atoms with Gasteiger partial charge in [0.25, 0.3) is 0 Å². The van der Waals surface area contributed by atoms with E-state index in [0.29, 0.717) is 6.04 Å². The Kier molecular flexibility index (Phi) is 3.27. The van der Waals surface area contributed by atoms with Gasteiger partial charge in [-0.2, -0.15) is 0 Å². The lowest BCUT2D eigenvalue weighted by Crippen LogP contribution is -2.43. The van der Waals surface area contributed by atoms with E-state index in [-0.39, 0.29) is 0 Å². The molecule has 0 amide bonds. The Morgan fingerprint density at radius 2 is 2.29 bits per heavy atom. The van der Waals surface area contributed by atoms with E-state index in [4.69, 9.17) is 0 Å². The Labute approximate surface area is 107 Å². The van der Waals surface area contributed by atoms with E-state index in [9.17, 15) is 0 Å². The number of piperazine rings is 1. The van der Waals surface area contributed by atoms with Gasteiger partial charge in [-0.1, -0.05) is 6.07 Å². The van der Waals surface area contributed by atoms with Crippen molar-refractivity contribution in [1.29, 1.82) is 0 Å². The van der Waals surface area contributed by atoms with Crippen molar-refractivity contribution in [2.45, 2.75) is 10.9 Å². The van der Waals surface area contributed by atoms with Crippen LogP contribution < -0.4 is 10.6 Å². The van der Waals surface area contributed by atoms with Crippen molar-refractivity contribution >= 4 is 17.4 Å². The average Bonchev–Trinajstić information content (AvgIpc) is 2.39. The molecule has 0 aromatic heterocycles. The van der Waals surface area contributed by atoms with Crippen molar-refractivity contribution in [3.63, 3.8) is 0 Å². The molecule has 0 aliphatic carbocycles. The molecule has 2 aliphatic heterocycles. The zero-order chi connectivity index (χ0) is 11.7. The highest BCUT2D eigenvalue weighted by molar-refractivity contribution is 7.99. The number of rotatable bonds is 1. The van der Waals surface area contributed by atoms with E-state index in [2.05, 4.69) is 40.8 Å². The summed E-state index contributed by atoms with van der Waals surface area (Å²) in [5.74, 6) is 1.18. The molecule has 0 saturated carbocycles. The molecule has 3 nitrogen and oxygen atoms in total. The molecule has 0 radical (unpaired) electrons. The van der Waals surface area contributed by atoms with Gasteiger partial charge in [0.2, 0.25) is 0 Å². The second-order valence-corrected chi connectivity index (χ2v) is 5.87. The van der Waals surface area contributed by atoms with Crippen LogP contribution in [0.25, 0.3) is 0 Å². The molecule has 1 atom stereocenters. The number of nitrogens with zero attached hydrogens (tertiary/aromatic N) is 1. The van der Waals surface area contributed by atoms with Gasteiger partial charge >= 0.3 is 0 Å². The molecular formula is C13H19N3S. The maximum absolute atomic E-state index is 3.50. The smallest absolute Gasteiger partial charge is 0.0482 e. The molecule has 1 saturated heterocycles. The number of thioether (sulfide) groups is 1. The van der Waals surface area contributed by atoms with Crippen molar-refractivity contribution in [1.82, 2.24) is 10.2 Å². The van der Waals surface area contributed by atoms with Crippen molar-refractivity contribution in [2.24, 2.45) is 0 Å². The van der Waals surface area contributed by atoms with E-state index in [1.165, 1.54) is 21.9 Å². The predicted molar refractivity (Wildman–Crippen MR) is 73.9 cm³/mol. The number of likely N-dealkylation sites (N-methyl/N-ethyl adjacent to an activating group) is 1. The fourth-order valence-corrected chi connectivity index (χ4v) is 3.42. The summed E-state index contributed by atoms with van der Waals surface area (Å²) in [4.78, 5) is 3.83. The standard InChI is InChI=1S/C13H19N3S/c1-16-6-4-14-9-12(16)10-2-3-13-11(8-10)15-5-7-17-13/h2-3,8,12,14-15H,4-7,9H2,1H3. The lowest BCUT2D eigenvalue weighted by Gasteiger charge is -2.34. The molecule has 2 N–H and O–H groups in total. The van der Waals surface area contributed by atoms with Gasteiger partial charge in [-0.3, -0.25) is 4.90 Å². The van der Waals surface area contributed by atoms with Crippen LogP contribution >= 0.6 is 11.8 Å². The molecule has 2 heterocycles. The average molecular weight is 249 g/mol. The summed E-state index contributed by atoms with van der Waals surface area (Å²) >= 11 is 1.95. The summed E-state index contributed by atoms with van der Waals surface area (Å²) in [6.07, 6.45) is 0. The Morgan fingerprint density at radius 1 is 1.35 bits per heavy atom. The van der Waals surface area contributed by atoms with Gasteiger partial charge in [-0.15, -0.1) is 11.8 Å². The van der Waals surface area contributed by atoms with Crippen LogP contribution in [0.5, 0.6) is 0 Å². The SMILES string of the molecule is CN1CCNCC1c1ccc2c(c1)NCCS2. The molecular weight excluding hydrogens is 230 g/mol. The summed E-state index contributed by atoms with van der Waals surface area (Å²) in [5.41, 5.74) is 2.74. The van der Waals surface area contributed by atoms with Crippen LogP contribution in [-0.2, 0) is 0 Å². The molecule has 0 bridgehead atoms. The van der Waals surface area contributed by atoms with Crippen LogP contribution in [-0.4, -0.2) is 43.9 Å². The molecule has 0 spiro atoms. The minimum atomic E-state index is 0.516. The Morgan fingerprint density at radius 3 is 3.18 bits per heavy atom. The molecule has 3 rings (SSSR count). The first-order chi connectivity index (χ1) is 8.34. The van der Waals surface area contributed by atoms with Crippen LogP contribution in [0.15, 0.2) is 23.1 Å². The van der Waals surface area contributed by atoms with E-state index >= 15 is 0 Å². The van der Waals surface area contributed by atoms with E-state index in [0.717, 1.165) is 26.2 Å². The van der Waals surface area contributed by atoms with Crippen molar-refractivity contribution in [3.05, 3.63) is 23.8 Å². The first-order valence-electron chi connectivity index (χ1n) is 6.26. The number of anilines is 1. The van der Waals surface area contributed by atoms with Gasteiger partial charge in [-0.05, 0) is 24.7 Å². The van der Waals surface area contributed by atoms with Crippen LogP contribution in [0.2, 0.25) is 0 Å².